The summed E-state index contributed by atoms with van der Waals surface area (Å²) >= 11 is 12.0. The summed E-state index contributed by atoms with van der Waals surface area (Å²) in [6.45, 7) is 0. The molecule has 0 saturated heterocycles. The Morgan fingerprint density at radius 3 is 1.94 bits per heavy atom. The smallest absolute Gasteiger partial charge is 0.264 e. The fourth-order valence-corrected chi connectivity index (χ4v) is 3.34. The number of nitrogens with zero attached hydrogens (tertiary/aromatic N) is 3. The van der Waals surface area contributed by atoms with E-state index in [0.717, 1.165) is 11.1 Å². The molecular formula is C24H16Cl2N4O. The van der Waals surface area contributed by atoms with Crippen molar-refractivity contribution in [2.24, 2.45) is 5.10 Å². The second kappa shape index (κ2) is 9.51. The summed E-state index contributed by atoms with van der Waals surface area (Å²) in [7, 11) is 0. The third-order valence-electron chi connectivity index (χ3n) is 4.40. The van der Waals surface area contributed by atoms with E-state index in [9.17, 15) is 4.79 Å². The van der Waals surface area contributed by atoms with E-state index in [-0.39, 0.29) is 5.82 Å². The van der Waals surface area contributed by atoms with E-state index in [1.165, 1.54) is 6.21 Å². The van der Waals surface area contributed by atoms with Crippen LogP contribution in [-0.4, -0.2) is 22.1 Å². The first-order valence-corrected chi connectivity index (χ1v) is 10.1. The van der Waals surface area contributed by atoms with Crippen LogP contribution < -0.4 is 5.43 Å². The molecule has 4 aromatic rings. The van der Waals surface area contributed by atoms with Gasteiger partial charge in [-0.2, -0.15) is 5.10 Å². The maximum Gasteiger partial charge on any atom is 0.309 e. The molecule has 0 aliphatic carbocycles. The molecule has 1 N–H and O–H groups in total. The Kier molecular flexibility index (Phi) is 6.36. The molecule has 152 valence electrons. The van der Waals surface area contributed by atoms with E-state index in [0.29, 0.717) is 27.0 Å². The van der Waals surface area contributed by atoms with Crippen LogP contribution >= 0.6 is 23.2 Å². The zero-order valence-electron chi connectivity index (χ0n) is 16.2. The number of amides is 1. The monoisotopic (exact) mass is 446 g/mol. The van der Waals surface area contributed by atoms with Crippen LogP contribution in [0.3, 0.4) is 0 Å². The van der Waals surface area contributed by atoms with Gasteiger partial charge in [0, 0.05) is 21.7 Å². The summed E-state index contributed by atoms with van der Waals surface area (Å²) in [5.74, 6) is -0.518. The zero-order valence-corrected chi connectivity index (χ0v) is 17.7. The van der Waals surface area contributed by atoms with Gasteiger partial charge in [-0.1, -0.05) is 89.9 Å². The maximum absolute atomic E-state index is 12.7. The predicted molar refractivity (Wildman–Crippen MR) is 124 cm³/mol. The van der Waals surface area contributed by atoms with Crippen molar-refractivity contribution < 1.29 is 4.79 Å². The van der Waals surface area contributed by atoms with Gasteiger partial charge in [0.1, 0.15) is 0 Å². The summed E-state index contributed by atoms with van der Waals surface area (Å²) in [6, 6.07) is 26.1. The lowest BCUT2D eigenvalue weighted by molar-refractivity contribution is 0.0945. The van der Waals surface area contributed by atoms with E-state index in [4.69, 9.17) is 23.2 Å². The molecule has 5 nitrogen and oxygen atoms in total. The summed E-state index contributed by atoms with van der Waals surface area (Å²) in [6.07, 6.45) is 1.44. The fourth-order valence-electron chi connectivity index (χ4n) is 2.88. The van der Waals surface area contributed by atoms with Gasteiger partial charge in [0.2, 0.25) is 5.82 Å². The largest absolute Gasteiger partial charge is 0.309 e. The van der Waals surface area contributed by atoms with Crippen LogP contribution in [-0.2, 0) is 0 Å². The Morgan fingerprint density at radius 1 is 0.806 bits per heavy atom. The van der Waals surface area contributed by atoms with E-state index in [2.05, 4.69) is 20.5 Å². The number of benzene rings is 3. The van der Waals surface area contributed by atoms with E-state index in [1.807, 2.05) is 66.7 Å². The van der Waals surface area contributed by atoms with Crippen LogP contribution in [0.4, 0.5) is 0 Å². The van der Waals surface area contributed by atoms with Gasteiger partial charge in [-0.3, -0.25) is 4.79 Å². The molecule has 0 fully saturated rings. The predicted octanol–water partition coefficient (Wildman–Crippen LogP) is 5.88. The average Bonchev–Trinajstić information content (AvgIpc) is 2.81. The van der Waals surface area contributed by atoms with Crippen LogP contribution in [0.5, 0.6) is 0 Å². The van der Waals surface area contributed by atoms with Crippen molar-refractivity contribution in [3.63, 3.8) is 0 Å². The van der Waals surface area contributed by atoms with Crippen molar-refractivity contribution in [2.45, 2.75) is 0 Å². The second-order valence-corrected chi connectivity index (χ2v) is 7.40. The van der Waals surface area contributed by atoms with Gasteiger partial charge in [0.05, 0.1) is 22.6 Å². The first-order chi connectivity index (χ1) is 15.1. The summed E-state index contributed by atoms with van der Waals surface area (Å²) in [4.78, 5) is 21.6. The molecule has 0 unspecified atom stereocenters. The Morgan fingerprint density at radius 2 is 1.39 bits per heavy atom. The Bertz CT molecular complexity index is 1190. The minimum Gasteiger partial charge on any atom is -0.264 e. The molecule has 0 bridgehead atoms. The third-order valence-corrected chi connectivity index (χ3v) is 4.96. The Balaban J connectivity index is 1.64. The number of nitrogens with one attached hydrogen (secondary N) is 1. The standard InChI is InChI=1S/C24H16Cl2N4O/c25-19-12-11-18(20(26)13-19)15-27-30-24(31)23-28-21(16-7-3-1-4-8-16)14-22(29-23)17-9-5-2-6-10-17/h1-15H,(H,30,31)/b27-15+. The maximum atomic E-state index is 12.7. The summed E-state index contributed by atoms with van der Waals surface area (Å²) in [5.41, 5.74) is 6.13. The molecule has 0 saturated carbocycles. The van der Waals surface area contributed by atoms with Gasteiger partial charge in [0.25, 0.3) is 0 Å². The highest BCUT2D eigenvalue weighted by atomic mass is 35.5. The van der Waals surface area contributed by atoms with Gasteiger partial charge >= 0.3 is 5.91 Å². The molecule has 1 amide bonds. The quantitative estimate of drug-likeness (QED) is 0.307. The van der Waals surface area contributed by atoms with Crippen LogP contribution in [0.25, 0.3) is 22.5 Å². The van der Waals surface area contributed by atoms with Crippen LogP contribution in [0.2, 0.25) is 10.0 Å². The average molecular weight is 447 g/mol. The van der Waals surface area contributed by atoms with Crippen LogP contribution in [0.1, 0.15) is 16.2 Å². The highest BCUT2D eigenvalue weighted by molar-refractivity contribution is 6.36. The highest BCUT2D eigenvalue weighted by Crippen LogP contribution is 2.24. The Hall–Kier alpha value is -3.54. The number of hydrogen-bond acceptors (Lipinski definition) is 4. The van der Waals surface area contributed by atoms with Crippen molar-refractivity contribution in [3.8, 4) is 22.5 Å². The van der Waals surface area contributed by atoms with Crippen molar-refractivity contribution in [1.29, 1.82) is 0 Å². The van der Waals surface area contributed by atoms with Crippen LogP contribution in [0, 0.1) is 0 Å². The van der Waals surface area contributed by atoms with Gasteiger partial charge < -0.3 is 0 Å². The van der Waals surface area contributed by atoms with Crippen molar-refractivity contribution in [1.82, 2.24) is 15.4 Å². The molecule has 0 spiro atoms. The molecule has 31 heavy (non-hydrogen) atoms. The van der Waals surface area contributed by atoms with Crippen molar-refractivity contribution in [3.05, 3.63) is 106 Å². The number of hydrazone groups is 1. The van der Waals surface area contributed by atoms with E-state index >= 15 is 0 Å². The van der Waals surface area contributed by atoms with E-state index < -0.39 is 5.91 Å². The lowest BCUT2D eigenvalue weighted by atomic mass is 10.1. The highest BCUT2D eigenvalue weighted by Gasteiger charge is 2.14. The molecule has 0 atom stereocenters. The number of rotatable bonds is 5. The van der Waals surface area contributed by atoms with Gasteiger partial charge in [-0.15, -0.1) is 0 Å². The zero-order chi connectivity index (χ0) is 21.6. The molecule has 0 radical (unpaired) electrons. The van der Waals surface area contributed by atoms with Gasteiger partial charge in [-0.05, 0) is 18.2 Å². The first kappa shape index (κ1) is 20.7. The topological polar surface area (TPSA) is 67.2 Å². The van der Waals surface area contributed by atoms with E-state index in [1.54, 1.807) is 18.2 Å². The molecular weight excluding hydrogens is 431 g/mol. The number of carbonyl (C=O) groups is 1. The lowest BCUT2D eigenvalue weighted by Gasteiger charge is -2.08. The molecule has 4 rings (SSSR count). The van der Waals surface area contributed by atoms with Crippen molar-refractivity contribution >= 4 is 35.3 Å². The minimum atomic E-state index is -0.531. The molecule has 7 heteroatoms. The lowest BCUT2D eigenvalue weighted by Crippen LogP contribution is -2.21. The number of hydrogen-bond donors (Lipinski definition) is 1. The SMILES string of the molecule is O=C(N/N=C/c1ccc(Cl)cc1Cl)c1nc(-c2ccccc2)cc(-c2ccccc2)n1. The fraction of sp³-hybridized carbons (Fsp3) is 0. The van der Waals surface area contributed by atoms with Gasteiger partial charge in [-0.25, -0.2) is 15.4 Å². The van der Waals surface area contributed by atoms with Crippen LogP contribution in [0.15, 0.2) is 90.0 Å². The molecule has 0 aliphatic rings. The number of aromatic nitrogens is 2. The first-order valence-electron chi connectivity index (χ1n) is 9.38. The second-order valence-electron chi connectivity index (χ2n) is 6.56. The molecule has 1 aromatic heterocycles. The Labute approximate surface area is 189 Å². The third kappa shape index (κ3) is 5.15. The minimum absolute atomic E-state index is 0.0135. The number of carbonyl (C=O) groups excluding carboxylic acids is 1. The summed E-state index contributed by atoms with van der Waals surface area (Å²) in [5, 5.41) is 4.93. The molecule has 3 aromatic carbocycles. The number of halogens is 2. The molecule has 1 heterocycles. The van der Waals surface area contributed by atoms with Crippen molar-refractivity contribution in [2.75, 3.05) is 0 Å². The molecule has 0 aliphatic heterocycles. The van der Waals surface area contributed by atoms with Gasteiger partial charge in [0.15, 0.2) is 0 Å². The normalized spacial score (nSPS) is 10.9. The summed E-state index contributed by atoms with van der Waals surface area (Å²) < 4.78 is 0.